The van der Waals surface area contributed by atoms with Crippen LogP contribution >= 0.6 is 15.9 Å². The summed E-state index contributed by atoms with van der Waals surface area (Å²) in [6.45, 7) is -0.241. The maximum atomic E-state index is 13.0. The number of benzene rings is 2. The number of rotatable bonds is 7. The molecule has 1 heterocycles. The predicted molar refractivity (Wildman–Crippen MR) is 106 cm³/mol. The van der Waals surface area contributed by atoms with Crippen LogP contribution in [0.25, 0.3) is 0 Å². The number of hydrogen-bond donors (Lipinski definition) is 2. The smallest absolute Gasteiger partial charge is 0.359 e. The van der Waals surface area contributed by atoms with Crippen molar-refractivity contribution in [3.63, 3.8) is 0 Å². The summed E-state index contributed by atoms with van der Waals surface area (Å²) in [6.07, 6.45) is 0. The molecule has 10 heteroatoms. The van der Waals surface area contributed by atoms with E-state index in [-0.39, 0.29) is 6.54 Å². The van der Waals surface area contributed by atoms with Crippen molar-refractivity contribution in [2.45, 2.75) is 13.1 Å². The number of hydrogen-bond acceptors (Lipinski definition) is 5. The summed E-state index contributed by atoms with van der Waals surface area (Å²) in [4.78, 5) is 37.1. The van der Waals surface area contributed by atoms with E-state index in [0.717, 1.165) is 14.7 Å². The lowest BCUT2D eigenvalue weighted by Gasteiger charge is -2.23. The van der Waals surface area contributed by atoms with Crippen LogP contribution < -0.4 is 4.90 Å². The number of aromatic nitrogens is 3. The minimum atomic E-state index is -1.53. The van der Waals surface area contributed by atoms with Crippen LogP contribution in [0.1, 0.15) is 26.5 Å². The van der Waals surface area contributed by atoms with Crippen molar-refractivity contribution >= 4 is 39.5 Å². The van der Waals surface area contributed by atoms with Gasteiger partial charge in [0.25, 0.3) is 0 Å². The van der Waals surface area contributed by atoms with Crippen molar-refractivity contribution in [1.82, 2.24) is 15.0 Å². The zero-order chi connectivity index (χ0) is 21.0. The van der Waals surface area contributed by atoms with Crippen molar-refractivity contribution in [2.24, 2.45) is 0 Å². The van der Waals surface area contributed by atoms with Gasteiger partial charge >= 0.3 is 11.9 Å². The molecule has 0 fully saturated rings. The van der Waals surface area contributed by atoms with Crippen LogP contribution in [-0.2, 0) is 17.9 Å². The Morgan fingerprint density at radius 1 is 0.966 bits per heavy atom. The molecule has 3 aromatic rings. The molecule has 2 N–H and O–H groups in total. The molecule has 2 aromatic carbocycles. The number of nitrogens with zero attached hydrogens (tertiary/aromatic N) is 4. The van der Waals surface area contributed by atoms with E-state index in [1.165, 1.54) is 4.90 Å². The maximum absolute atomic E-state index is 13.0. The molecule has 3 rings (SSSR count). The lowest BCUT2D eigenvalue weighted by Crippen LogP contribution is -2.34. The Morgan fingerprint density at radius 2 is 1.62 bits per heavy atom. The summed E-state index contributed by atoms with van der Waals surface area (Å²) in [6, 6.07) is 16.3. The average molecular weight is 459 g/mol. The molecule has 0 bridgehead atoms. The molecule has 0 unspecified atom stereocenters. The van der Waals surface area contributed by atoms with Crippen molar-refractivity contribution in [1.29, 1.82) is 0 Å². The lowest BCUT2D eigenvalue weighted by atomic mass is 10.2. The first-order valence-corrected chi connectivity index (χ1v) is 9.16. The Labute approximate surface area is 173 Å². The van der Waals surface area contributed by atoms with E-state index < -0.39 is 35.8 Å². The van der Waals surface area contributed by atoms with Crippen LogP contribution in [0.4, 0.5) is 5.69 Å². The molecule has 0 spiro atoms. The second-order valence-corrected chi connectivity index (χ2v) is 6.91. The fourth-order valence-corrected chi connectivity index (χ4v) is 2.97. The van der Waals surface area contributed by atoms with E-state index in [1.807, 2.05) is 30.3 Å². The zero-order valence-electron chi connectivity index (χ0n) is 14.9. The Kier molecular flexibility index (Phi) is 6.03. The molecule has 0 saturated heterocycles. The van der Waals surface area contributed by atoms with Crippen LogP contribution in [0.5, 0.6) is 0 Å². The second kappa shape index (κ2) is 8.65. The molecular weight excluding hydrogens is 444 g/mol. The third-order valence-corrected chi connectivity index (χ3v) is 4.58. The van der Waals surface area contributed by atoms with E-state index in [1.54, 1.807) is 24.3 Å². The van der Waals surface area contributed by atoms with Gasteiger partial charge in [0.05, 0.1) is 6.54 Å². The van der Waals surface area contributed by atoms with E-state index in [0.29, 0.717) is 5.69 Å². The van der Waals surface area contributed by atoms with E-state index in [2.05, 4.69) is 26.2 Å². The SMILES string of the molecule is O=C(O)c1nnn(CC(=O)N(Cc2ccccc2)c2ccc(Br)cc2)c1C(=O)O. The summed E-state index contributed by atoms with van der Waals surface area (Å²) >= 11 is 3.35. The minimum absolute atomic E-state index is 0.240. The van der Waals surface area contributed by atoms with Gasteiger partial charge in [-0.05, 0) is 29.8 Å². The summed E-state index contributed by atoms with van der Waals surface area (Å²) in [5.41, 5.74) is 0.0920. The number of carbonyl (C=O) groups is 3. The highest BCUT2D eigenvalue weighted by molar-refractivity contribution is 9.10. The third-order valence-electron chi connectivity index (χ3n) is 4.05. The Hall–Kier alpha value is -3.53. The van der Waals surface area contributed by atoms with Crippen molar-refractivity contribution in [2.75, 3.05) is 4.90 Å². The number of amides is 1. The molecule has 0 aliphatic heterocycles. The highest BCUT2D eigenvalue weighted by Crippen LogP contribution is 2.21. The van der Waals surface area contributed by atoms with Gasteiger partial charge in [-0.3, -0.25) is 4.79 Å². The largest absolute Gasteiger partial charge is 0.476 e. The number of anilines is 1. The van der Waals surface area contributed by atoms with Gasteiger partial charge in [-0.15, -0.1) is 5.10 Å². The van der Waals surface area contributed by atoms with Crippen LogP contribution in [-0.4, -0.2) is 43.1 Å². The monoisotopic (exact) mass is 458 g/mol. The van der Waals surface area contributed by atoms with Gasteiger partial charge in [-0.2, -0.15) is 0 Å². The average Bonchev–Trinajstić information content (AvgIpc) is 3.12. The molecule has 1 aromatic heterocycles. The van der Waals surface area contributed by atoms with E-state index in [4.69, 9.17) is 5.11 Å². The van der Waals surface area contributed by atoms with Gasteiger partial charge in [0, 0.05) is 10.2 Å². The Morgan fingerprint density at radius 3 is 2.21 bits per heavy atom. The standard InChI is InChI=1S/C19H15BrN4O5/c20-13-6-8-14(9-7-13)23(10-12-4-2-1-3-5-12)15(25)11-24-17(19(28)29)16(18(26)27)21-22-24/h1-9H,10-11H2,(H,26,27)(H,28,29). The summed E-state index contributed by atoms with van der Waals surface area (Å²) < 4.78 is 1.62. The quantitative estimate of drug-likeness (QED) is 0.557. The van der Waals surface area contributed by atoms with Gasteiger partial charge < -0.3 is 15.1 Å². The molecule has 0 aliphatic rings. The van der Waals surface area contributed by atoms with Crippen LogP contribution in [0.2, 0.25) is 0 Å². The zero-order valence-corrected chi connectivity index (χ0v) is 16.5. The van der Waals surface area contributed by atoms with E-state index >= 15 is 0 Å². The molecule has 0 aliphatic carbocycles. The van der Waals surface area contributed by atoms with Gasteiger partial charge in [-0.1, -0.05) is 51.5 Å². The van der Waals surface area contributed by atoms with Crippen LogP contribution in [0.3, 0.4) is 0 Å². The van der Waals surface area contributed by atoms with Gasteiger partial charge in [0.15, 0.2) is 5.69 Å². The topological polar surface area (TPSA) is 126 Å². The normalized spacial score (nSPS) is 10.5. The molecule has 0 saturated carbocycles. The molecule has 29 heavy (non-hydrogen) atoms. The number of aromatic carboxylic acids is 2. The van der Waals surface area contributed by atoms with Gasteiger partial charge in [0.1, 0.15) is 6.54 Å². The first-order valence-electron chi connectivity index (χ1n) is 8.36. The number of carboxylic acid groups (broad SMARTS) is 2. The first kappa shape index (κ1) is 20.2. The predicted octanol–water partition coefficient (Wildman–Crippen LogP) is 2.67. The Bertz CT molecular complexity index is 1050. The van der Waals surface area contributed by atoms with Crippen molar-refractivity contribution < 1.29 is 24.6 Å². The second-order valence-electron chi connectivity index (χ2n) is 6.00. The maximum Gasteiger partial charge on any atom is 0.359 e. The third kappa shape index (κ3) is 4.66. The molecule has 0 atom stereocenters. The number of halogens is 1. The first-order chi connectivity index (χ1) is 13.9. The van der Waals surface area contributed by atoms with Gasteiger partial charge in [-0.25, -0.2) is 14.3 Å². The van der Waals surface area contributed by atoms with Crippen molar-refractivity contribution in [3.8, 4) is 0 Å². The highest BCUT2D eigenvalue weighted by Gasteiger charge is 2.27. The summed E-state index contributed by atoms with van der Waals surface area (Å²) in [5, 5.41) is 25.3. The van der Waals surface area contributed by atoms with Crippen LogP contribution in [0, 0.1) is 0 Å². The molecular formula is C19H15BrN4O5. The van der Waals surface area contributed by atoms with Crippen molar-refractivity contribution in [3.05, 3.63) is 76.0 Å². The fraction of sp³-hybridized carbons (Fsp3) is 0.105. The van der Waals surface area contributed by atoms with E-state index in [9.17, 15) is 19.5 Å². The highest BCUT2D eigenvalue weighted by atomic mass is 79.9. The summed E-state index contributed by atoms with van der Waals surface area (Å²) in [5.74, 6) is -3.53. The summed E-state index contributed by atoms with van der Waals surface area (Å²) in [7, 11) is 0. The molecule has 1 amide bonds. The number of carbonyl (C=O) groups excluding carboxylic acids is 1. The molecule has 148 valence electrons. The van der Waals surface area contributed by atoms with Crippen LogP contribution in [0.15, 0.2) is 59.1 Å². The fourth-order valence-electron chi connectivity index (χ4n) is 2.70. The minimum Gasteiger partial charge on any atom is -0.476 e. The molecule has 0 radical (unpaired) electrons. The lowest BCUT2D eigenvalue weighted by molar-refractivity contribution is -0.119. The number of carboxylic acids is 2. The van der Waals surface area contributed by atoms with Gasteiger partial charge in [0.2, 0.25) is 11.6 Å². The Balaban J connectivity index is 1.94. The molecule has 9 nitrogen and oxygen atoms in total.